The van der Waals surface area contributed by atoms with Crippen LogP contribution in [-0.4, -0.2) is 50.8 Å². The highest BCUT2D eigenvalue weighted by Gasteiger charge is 2.48. The van der Waals surface area contributed by atoms with Gasteiger partial charge in [0.25, 0.3) is 12.1 Å². The van der Waals surface area contributed by atoms with Crippen molar-refractivity contribution >= 4 is 13.7 Å². The van der Waals surface area contributed by atoms with E-state index >= 15 is 0 Å². The molecular weight excluding hydrogens is 319 g/mol. The van der Waals surface area contributed by atoms with Gasteiger partial charge in [0, 0.05) is 6.04 Å². The van der Waals surface area contributed by atoms with Crippen LogP contribution in [-0.2, 0) is 13.8 Å². The molecule has 0 saturated carbocycles. The van der Waals surface area contributed by atoms with Crippen LogP contribution in [0.15, 0.2) is 24.4 Å². The molecule has 22 heavy (non-hydrogen) atoms. The molecule has 10 nitrogen and oxygen atoms in total. The molecule has 0 spiro atoms. The van der Waals surface area contributed by atoms with E-state index in [2.05, 4.69) is 4.52 Å². The average Bonchev–Trinajstić information content (AvgIpc) is 2.78. The number of phosphoric acid groups is 1. The van der Waals surface area contributed by atoms with Gasteiger partial charge in [-0.05, 0) is 6.04 Å². The van der Waals surface area contributed by atoms with Gasteiger partial charge in [0.1, 0.15) is 20.5 Å². The second kappa shape index (κ2) is 6.39. The molecule has 1 aliphatic rings. The molecule has 0 radical (unpaired) electrons. The topological polar surface area (TPSA) is 163 Å². The lowest BCUT2D eigenvalue weighted by molar-refractivity contribution is -0.765. The Kier molecular flexibility index (Phi) is 3.51. The minimum atomic E-state index is -4.88. The van der Waals surface area contributed by atoms with Crippen molar-refractivity contribution in [1.82, 2.24) is 0 Å². The number of hydrogen-bond acceptors (Lipinski definition) is 6. The number of ether oxygens (including phenoxy) is 1. The van der Waals surface area contributed by atoms with Crippen LogP contribution in [0.4, 0.5) is 0 Å². The van der Waals surface area contributed by atoms with Crippen molar-refractivity contribution in [2.24, 2.45) is 5.73 Å². The summed E-state index contributed by atoms with van der Waals surface area (Å²) >= 11 is 0. The van der Waals surface area contributed by atoms with Gasteiger partial charge in [-0.3, -0.25) is 9.32 Å². The van der Waals surface area contributed by atoms with Gasteiger partial charge >= 0.3 is 7.82 Å². The Labute approximate surface area is 130 Å². The molecular formula is C11H16N2O8P+. The fraction of sp³-hybridized carbons (Fsp3) is 0.455. The normalized spacial score (nSPS) is 31.3. The molecule has 1 aliphatic heterocycles. The summed E-state index contributed by atoms with van der Waals surface area (Å²) in [5, 5.41) is 20.1. The number of aromatic nitrogens is 1. The summed E-state index contributed by atoms with van der Waals surface area (Å²) in [6, 6.07) is -1.52. The summed E-state index contributed by atoms with van der Waals surface area (Å²) in [7, 11) is -4.88. The third-order valence-corrected chi connectivity index (χ3v) is 3.33. The molecule has 6 N–H and O–H groups in total. The largest absolute Gasteiger partial charge is 0.469 e. The first-order chi connectivity index (χ1) is 11.9. The quantitative estimate of drug-likeness (QED) is 0.298. The van der Waals surface area contributed by atoms with Crippen LogP contribution in [0, 0.1) is 0 Å². The van der Waals surface area contributed by atoms with Crippen molar-refractivity contribution in [3.8, 4) is 0 Å². The summed E-state index contributed by atoms with van der Waals surface area (Å²) in [4.78, 5) is 28.8. The lowest BCUT2D eigenvalue weighted by Crippen LogP contribution is -2.46. The van der Waals surface area contributed by atoms with Crippen LogP contribution in [0.2, 0.25) is 0 Å². The maximum atomic E-state index is 11.5. The smallest absolute Gasteiger partial charge is 0.387 e. The van der Waals surface area contributed by atoms with Gasteiger partial charge in [-0.1, -0.05) is 0 Å². The Morgan fingerprint density at radius 1 is 1.50 bits per heavy atom. The van der Waals surface area contributed by atoms with E-state index in [1.807, 2.05) is 0 Å². The molecule has 0 unspecified atom stereocenters. The number of nitrogens with two attached hydrogens (primary N) is 1. The summed E-state index contributed by atoms with van der Waals surface area (Å²) in [6.07, 6.45) is -8.14. The van der Waals surface area contributed by atoms with Crippen molar-refractivity contribution in [2.45, 2.75) is 24.5 Å². The lowest BCUT2D eigenvalue weighted by atomic mass is 10.1. The number of hydrogen-bond donors (Lipinski definition) is 5. The first-order valence-corrected chi connectivity index (χ1v) is 7.43. The van der Waals surface area contributed by atoms with Crippen LogP contribution in [0.3, 0.4) is 0 Å². The van der Waals surface area contributed by atoms with Gasteiger partial charge in [0.2, 0.25) is 0 Å². The van der Waals surface area contributed by atoms with Crippen molar-refractivity contribution < 1.29 is 48.7 Å². The van der Waals surface area contributed by atoms with E-state index in [1.165, 1.54) is 0 Å². The minimum absolute atomic E-state index is 0.575. The molecule has 1 aromatic heterocycles. The van der Waals surface area contributed by atoms with Crippen LogP contribution in [0.25, 0.3) is 0 Å². The zero-order valence-electron chi connectivity index (χ0n) is 14.9. The van der Waals surface area contributed by atoms with E-state index in [0.29, 0.717) is 4.57 Å². The molecule has 4 atom stereocenters. The molecule has 0 aromatic carbocycles. The Bertz CT molecular complexity index is 790. The van der Waals surface area contributed by atoms with Gasteiger partial charge in [0.05, 0.1) is 9.35 Å². The maximum absolute atomic E-state index is 11.5. The van der Waals surface area contributed by atoms with E-state index in [0.717, 1.165) is 0 Å². The second-order valence-electron chi connectivity index (χ2n) is 4.42. The van der Waals surface area contributed by atoms with Crippen LogP contribution >= 0.6 is 7.82 Å². The van der Waals surface area contributed by atoms with E-state index < -0.39 is 74.9 Å². The molecule has 1 amide bonds. The van der Waals surface area contributed by atoms with Gasteiger partial charge in [0.15, 0.2) is 18.4 Å². The van der Waals surface area contributed by atoms with Crippen molar-refractivity contribution in [1.29, 1.82) is 0 Å². The number of primary amides is 1. The number of aliphatic hydroxyl groups is 2. The fourth-order valence-corrected chi connectivity index (χ4v) is 2.16. The molecule has 1 saturated heterocycles. The highest BCUT2D eigenvalue weighted by molar-refractivity contribution is 7.46. The number of phosphoric ester groups is 1. The number of nitrogens with zero attached hydrogens (tertiary/aromatic N) is 1. The van der Waals surface area contributed by atoms with E-state index in [-0.39, 0.29) is 0 Å². The third kappa shape index (κ3) is 3.87. The number of carbonyl (C=O) groups excluding carboxylic acids is 1. The first kappa shape index (κ1) is 12.1. The zero-order valence-corrected chi connectivity index (χ0v) is 11.8. The predicted molar refractivity (Wildman–Crippen MR) is 69.1 cm³/mol. The molecule has 11 heteroatoms. The minimum Gasteiger partial charge on any atom is -0.387 e. The Morgan fingerprint density at radius 2 is 2.18 bits per heavy atom. The molecule has 1 fully saturated rings. The predicted octanol–water partition coefficient (Wildman–Crippen LogP) is -2.20. The van der Waals surface area contributed by atoms with E-state index in [9.17, 15) is 19.6 Å². The number of amides is 1. The summed E-state index contributed by atoms with van der Waals surface area (Å²) in [5.74, 6) is -1.21. The van der Waals surface area contributed by atoms with Crippen molar-refractivity contribution in [3.05, 3.63) is 30.0 Å². The molecule has 1 aromatic rings. The highest BCUT2D eigenvalue weighted by Crippen LogP contribution is 2.37. The number of pyridine rings is 1. The Balaban J connectivity index is 2.45. The SMILES string of the molecule is [2H]c1c([2H])c([2H])[n+]([C@@H]2O[C@H](COP(=O)(O)O)[C@@H](O)[C@H]2O)c([2H])c1C(N)=O. The Hall–Kier alpha value is -1.39. The molecule has 2 rings (SSSR count). The molecule has 2 heterocycles. The van der Waals surface area contributed by atoms with Crippen LogP contribution in [0.5, 0.6) is 0 Å². The molecule has 0 bridgehead atoms. The number of rotatable bonds is 5. The monoisotopic (exact) mass is 339 g/mol. The van der Waals surface area contributed by atoms with Gasteiger partial charge < -0.3 is 30.5 Å². The van der Waals surface area contributed by atoms with Gasteiger partial charge in [-0.2, -0.15) is 4.57 Å². The summed E-state index contributed by atoms with van der Waals surface area (Å²) in [5.41, 5.74) is 4.40. The maximum Gasteiger partial charge on any atom is 0.469 e. The summed E-state index contributed by atoms with van der Waals surface area (Å²) in [6.45, 7) is -0.812. The van der Waals surface area contributed by atoms with Crippen LogP contribution in [0.1, 0.15) is 22.1 Å². The highest BCUT2D eigenvalue weighted by atomic mass is 31.2. The molecule has 0 aliphatic carbocycles. The Morgan fingerprint density at radius 3 is 2.77 bits per heavy atom. The summed E-state index contributed by atoms with van der Waals surface area (Å²) < 4.78 is 51.9. The number of carbonyl (C=O) groups is 1. The number of aliphatic hydroxyl groups excluding tert-OH is 2. The zero-order chi connectivity index (χ0) is 20.0. The van der Waals surface area contributed by atoms with Crippen LogP contribution < -0.4 is 10.3 Å². The lowest BCUT2D eigenvalue weighted by Gasteiger charge is -2.13. The average molecular weight is 339 g/mol. The molecule has 122 valence electrons. The van der Waals surface area contributed by atoms with E-state index in [4.69, 9.17) is 25.7 Å². The van der Waals surface area contributed by atoms with E-state index in [1.54, 1.807) is 0 Å². The van der Waals surface area contributed by atoms with Gasteiger partial charge in [-0.25, -0.2) is 4.57 Å². The fourth-order valence-electron chi connectivity index (χ4n) is 1.82. The van der Waals surface area contributed by atoms with Gasteiger partial charge in [-0.15, -0.1) is 0 Å². The first-order valence-electron chi connectivity index (χ1n) is 7.90. The second-order valence-corrected chi connectivity index (χ2v) is 5.65. The standard InChI is InChI=1S/C11H15N2O8P/c12-10(16)6-2-1-3-13(4-6)11-9(15)8(14)7(21-11)5-20-22(17,18)19/h1-4,7-9,11,14-15H,5H2,(H3-,12,16,17,18,19)/p+1/t7-,8-,9-,11-/m1/s1/i1D,2D,3D,4D. The van der Waals surface area contributed by atoms with Crippen molar-refractivity contribution in [3.63, 3.8) is 0 Å². The third-order valence-electron chi connectivity index (χ3n) is 2.84. The van der Waals surface area contributed by atoms with Crippen molar-refractivity contribution in [2.75, 3.05) is 6.61 Å².